The first-order valence-corrected chi connectivity index (χ1v) is 8.95. The molecule has 2 saturated heterocycles. The Bertz CT molecular complexity index is 838. The van der Waals surface area contributed by atoms with Crippen molar-refractivity contribution in [2.24, 2.45) is 0 Å². The fourth-order valence-electron chi connectivity index (χ4n) is 4.08. The maximum atomic E-state index is 13.2. The molecule has 6 nitrogen and oxygen atoms in total. The molecule has 2 aliphatic rings. The summed E-state index contributed by atoms with van der Waals surface area (Å²) >= 11 is 0. The maximum Gasteiger partial charge on any atom is 0.418 e. The highest BCUT2D eigenvalue weighted by Gasteiger charge is 2.37. The number of carbonyl (C=O) groups is 1. The Balaban J connectivity index is 1.55. The van der Waals surface area contributed by atoms with Crippen LogP contribution in [0, 0.1) is 0 Å². The number of para-hydroxylation sites is 1. The van der Waals surface area contributed by atoms with Gasteiger partial charge in [-0.25, -0.2) is 4.68 Å². The molecule has 9 heteroatoms. The quantitative estimate of drug-likeness (QED) is 0.891. The molecule has 1 amide bonds. The van der Waals surface area contributed by atoms with E-state index in [4.69, 9.17) is 0 Å². The summed E-state index contributed by atoms with van der Waals surface area (Å²) in [5, 5.41) is 11.1. The predicted octanol–water partition coefficient (Wildman–Crippen LogP) is 2.64. The van der Waals surface area contributed by atoms with E-state index in [9.17, 15) is 18.0 Å². The lowest BCUT2D eigenvalue weighted by molar-refractivity contribution is -0.137. The zero-order chi connectivity index (χ0) is 19.2. The van der Waals surface area contributed by atoms with Crippen LogP contribution in [0.4, 0.5) is 13.2 Å². The van der Waals surface area contributed by atoms with Crippen LogP contribution >= 0.6 is 0 Å². The summed E-state index contributed by atoms with van der Waals surface area (Å²) in [6.07, 6.45) is 0.742. The normalized spacial score (nSPS) is 24.8. The summed E-state index contributed by atoms with van der Waals surface area (Å²) in [5.41, 5.74) is -0.934. The molecule has 2 aliphatic heterocycles. The number of alkyl halides is 3. The van der Waals surface area contributed by atoms with Gasteiger partial charge in [0.2, 0.25) is 0 Å². The molecular weight excluding hydrogens is 359 g/mol. The Morgan fingerprint density at radius 1 is 1.22 bits per heavy atom. The maximum absolute atomic E-state index is 13.2. The van der Waals surface area contributed by atoms with E-state index in [0.717, 1.165) is 36.4 Å². The Labute approximate surface area is 154 Å². The van der Waals surface area contributed by atoms with E-state index in [1.54, 1.807) is 11.9 Å². The first-order chi connectivity index (χ1) is 12.8. The van der Waals surface area contributed by atoms with Gasteiger partial charge < -0.3 is 10.2 Å². The van der Waals surface area contributed by atoms with Crippen LogP contribution < -0.4 is 5.32 Å². The number of carbonyl (C=O) groups excluding carboxylic acids is 1. The second-order valence-electron chi connectivity index (χ2n) is 7.24. The van der Waals surface area contributed by atoms with E-state index < -0.39 is 11.7 Å². The smallest absolute Gasteiger partial charge is 0.337 e. The van der Waals surface area contributed by atoms with Gasteiger partial charge in [0.1, 0.15) is 0 Å². The minimum absolute atomic E-state index is 0.0420. The molecule has 0 aliphatic carbocycles. The van der Waals surface area contributed by atoms with Gasteiger partial charge in [0.05, 0.1) is 17.4 Å². The van der Waals surface area contributed by atoms with Crippen molar-refractivity contribution in [1.29, 1.82) is 0 Å². The average molecular weight is 379 g/mol. The van der Waals surface area contributed by atoms with Crippen molar-refractivity contribution >= 4 is 5.91 Å². The summed E-state index contributed by atoms with van der Waals surface area (Å²) < 4.78 is 40.6. The van der Waals surface area contributed by atoms with Gasteiger partial charge in [0.25, 0.3) is 5.91 Å². The number of hydrogen-bond acceptors (Lipinski definition) is 4. The number of amides is 1. The van der Waals surface area contributed by atoms with Crippen LogP contribution in [0.2, 0.25) is 0 Å². The Morgan fingerprint density at radius 2 is 1.89 bits per heavy atom. The van der Waals surface area contributed by atoms with Crippen LogP contribution in [0.15, 0.2) is 30.5 Å². The van der Waals surface area contributed by atoms with Crippen molar-refractivity contribution < 1.29 is 18.0 Å². The molecule has 1 N–H and O–H groups in total. The molecule has 1 aromatic carbocycles. The average Bonchev–Trinajstić information content (AvgIpc) is 3.26. The first-order valence-electron chi connectivity index (χ1n) is 8.95. The minimum Gasteiger partial charge on any atom is -0.337 e. The van der Waals surface area contributed by atoms with Crippen molar-refractivity contribution in [1.82, 2.24) is 25.2 Å². The van der Waals surface area contributed by atoms with Gasteiger partial charge in [-0.05, 0) is 37.8 Å². The van der Waals surface area contributed by atoms with Gasteiger partial charge in [-0.3, -0.25) is 4.79 Å². The lowest BCUT2D eigenvalue weighted by atomic mass is 9.98. The summed E-state index contributed by atoms with van der Waals surface area (Å²) in [6, 6.07) is 6.05. The SMILES string of the molecule is CN(C(=O)c1cn(-c2ccccc2C(F)(F)F)nn1)C1CC2CCC(C1)N2. The van der Waals surface area contributed by atoms with E-state index >= 15 is 0 Å². The number of nitrogens with one attached hydrogen (secondary N) is 1. The lowest BCUT2D eigenvalue weighted by Gasteiger charge is -2.35. The van der Waals surface area contributed by atoms with E-state index in [1.807, 2.05) is 0 Å². The molecule has 27 heavy (non-hydrogen) atoms. The predicted molar refractivity (Wildman–Crippen MR) is 91.4 cm³/mol. The summed E-state index contributed by atoms with van der Waals surface area (Å²) in [5.74, 6) is -0.322. The zero-order valence-electron chi connectivity index (χ0n) is 14.8. The van der Waals surface area contributed by atoms with Crippen LogP contribution in [-0.4, -0.2) is 51.0 Å². The van der Waals surface area contributed by atoms with Gasteiger partial charge >= 0.3 is 6.18 Å². The van der Waals surface area contributed by atoms with Gasteiger partial charge in [-0.1, -0.05) is 17.3 Å². The molecule has 4 rings (SSSR count). The number of nitrogens with zero attached hydrogens (tertiary/aromatic N) is 4. The van der Waals surface area contributed by atoms with Gasteiger partial charge in [-0.2, -0.15) is 13.2 Å². The van der Waals surface area contributed by atoms with Crippen molar-refractivity contribution in [3.63, 3.8) is 0 Å². The minimum atomic E-state index is -4.52. The molecule has 0 spiro atoms. The van der Waals surface area contributed by atoms with E-state index in [0.29, 0.717) is 12.1 Å². The molecule has 2 aromatic rings. The van der Waals surface area contributed by atoms with E-state index in [-0.39, 0.29) is 23.3 Å². The fraction of sp³-hybridized carbons (Fsp3) is 0.500. The second kappa shape index (κ2) is 6.63. The van der Waals surface area contributed by atoms with Gasteiger partial charge in [0, 0.05) is 25.2 Å². The van der Waals surface area contributed by atoms with Crippen LogP contribution in [0.1, 0.15) is 41.7 Å². The zero-order valence-corrected chi connectivity index (χ0v) is 14.8. The summed E-state index contributed by atoms with van der Waals surface area (Å²) in [7, 11) is 1.72. The number of fused-ring (bicyclic) bond motifs is 2. The van der Waals surface area contributed by atoms with E-state index in [2.05, 4.69) is 15.6 Å². The second-order valence-corrected chi connectivity index (χ2v) is 7.24. The highest BCUT2D eigenvalue weighted by atomic mass is 19.4. The molecule has 3 heterocycles. The fourth-order valence-corrected chi connectivity index (χ4v) is 4.08. The van der Waals surface area contributed by atoms with Crippen LogP contribution in [0.25, 0.3) is 5.69 Å². The highest BCUT2D eigenvalue weighted by molar-refractivity contribution is 5.92. The van der Waals surface area contributed by atoms with Gasteiger partial charge in [0.15, 0.2) is 5.69 Å². The number of piperidine rings is 1. The Kier molecular flexibility index (Phi) is 4.41. The molecule has 0 radical (unpaired) electrons. The Hall–Kier alpha value is -2.42. The molecule has 0 saturated carbocycles. The topological polar surface area (TPSA) is 63.1 Å². The van der Waals surface area contributed by atoms with Crippen molar-refractivity contribution in [3.05, 3.63) is 41.7 Å². The molecule has 2 bridgehead atoms. The van der Waals surface area contributed by atoms with Crippen molar-refractivity contribution in [2.75, 3.05) is 7.05 Å². The lowest BCUT2D eigenvalue weighted by Crippen LogP contribution is -2.48. The van der Waals surface area contributed by atoms with Crippen molar-refractivity contribution in [2.45, 2.75) is 50.0 Å². The molecule has 1 aromatic heterocycles. The summed E-state index contributed by atoms with van der Waals surface area (Å²) in [4.78, 5) is 14.4. The Morgan fingerprint density at radius 3 is 2.56 bits per heavy atom. The third-order valence-corrected chi connectivity index (χ3v) is 5.49. The molecule has 2 fully saturated rings. The third-order valence-electron chi connectivity index (χ3n) is 5.49. The van der Waals surface area contributed by atoms with Crippen LogP contribution in [0.5, 0.6) is 0 Å². The molecular formula is C18H20F3N5O. The highest BCUT2D eigenvalue weighted by Crippen LogP contribution is 2.33. The summed E-state index contributed by atoms with van der Waals surface area (Å²) in [6.45, 7) is 0. The number of hydrogen-bond donors (Lipinski definition) is 1. The van der Waals surface area contributed by atoms with E-state index in [1.165, 1.54) is 24.4 Å². The van der Waals surface area contributed by atoms with Crippen molar-refractivity contribution in [3.8, 4) is 5.69 Å². The molecule has 2 unspecified atom stereocenters. The van der Waals surface area contributed by atoms with Gasteiger partial charge in [-0.15, -0.1) is 5.10 Å². The number of aromatic nitrogens is 3. The molecule has 144 valence electrons. The standard InChI is InChI=1S/C18H20F3N5O/c1-25(13-8-11-6-7-12(9-13)22-11)17(27)15-10-26(24-23-15)16-5-3-2-4-14(16)18(19,20)21/h2-5,10-13,22H,6-9H2,1H3. The third kappa shape index (κ3) is 3.43. The largest absolute Gasteiger partial charge is 0.418 e. The number of halogens is 3. The first kappa shape index (κ1) is 18.0. The monoisotopic (exact) mass is 379 g/mol. The van der Waals surface area contributed by atoms with Crippen LogP contribution in [0.3, 0.4) is 0 Å². The number of rotatable bonds is 3. The molecule has 2 atom stereocenters. The number of benzene rings is 1. The van der Waals surface area contributed by atoms with Crippen LogP contribution in [-0.2, 0) is 6.18 Å².